The lowest BCUT2D eigenvalue weighted by Crippen LogP contribution is -2.49. The maximum Gasteiger partial charge on any atom is 0.262 e. The van der Waals surface area contributed by atoms with Crippen molar-refractivity contribution in [1.82, 2.24) is 0 Å². The number of para-hydroxylation sites is 4. The number of benzene rings is 6. The van der Waals surface area contributed by atoms with E-state index in [0.717, 1.165) is 33.9 Å². The molecule has 8 rings (SSSR count). The van der Waals surface area contributed by atoms with Gasteiger partial charge in [0.15, 0.2) is 12.6 Å². The molecule has 6 aromatic carbocycles. The molecule has 0 radical (unpaired) electrons. The van der Waals surface area contributed by atoms with Gasteiger partial charge in [-0.2, -0.15) is 0 Å². The first kappa shape index (κ1) is 34.2. The van der Waals surface area contributed by atoms with Crippen molar-refractivity contribution in [1.29, 1.82) is 0 Å². The van der Waals surface area contributed by atoms with E-state index in [1.165, 1.54) is 0 Å². The lowest BCUT2D eigenvalue weighted by Gasteiger charge is -2.43. The van der Waals surface area contributed by atoms with E-state index in [1.54, 1.807) is 9.80 Å². The number of carbonyl (C=O) groups is 2. The van der Waals surface area contributed by atoms with E-state index in [4.69, 9.17) is 18.9 Å². The summed E-state index contributed by atoms with van der Waals surface area (Å²) < 4.78 is 24.8. The predicted molar refractivity (Wildman–Crippen MR) is 203 cm³/mol. The van der Waals surface area contributed by atoms with E-state index in [-0.39, 0.29) is 11.8 Å². The number of rotatable bonds is 8. The minimum absolute atomic E-state index is 0.132. The van der Waals surface area contributed by atoms with Gasteiger partial charge in [-0.25, -0.2) is 0 Å². The molecule has 1 spiro atoms. The highest BCUT2D eigenvalue weighted by molar-refractivity contribution is 6.11. The monoisotopic (exact) mass is 702 g/mol. The number of ether oxygens (including phenoxy) is 4. The van der Waals surface area contributed by atoms with Crippen LogP contribution in [-0.2, 0) is 18.9 Å². The molecule has 0 N–H and O–H groups in total. The second-order valence-corrected chi connectivity index (χ2v) is 13.3. The van der Waals surface area contributed by atoms with E-state index in [0.29, 0.717) is 37.6 Å². The van der Waals surface area contributed by atoms with Crippen molar-refractivity contribution in [2.45, 2.75) is 12.6 Å². The molecule has 0 bridgehead atoms. The van der Waals surface area contributed by atoms with E-state index < -0.39 is 18.0 Å². The summed E-state index contributed by atoms with van der Waals surface area (Å²) >= 11 is 0. The molecule has 6 aromatic rings. The number of amides is 2. The fourth-order valence-electron chi connectivity index (χ4n) is 6.64. The molecule has 0 saturated carbocycles. The van der Waals surface area contributed by atoms with Gasteiger partial charge in [0.05, 0.1) is 31.8 Å². The van der Waals surface area contributed by atoms with Gasteiger partial charge >= 0.3 is 0 Å². The van der Waals surface area contributed by atoms with Gasteiger partial charge in [-0.3, -0.25) is 19.4 Å². The average Bonchev–Trinajstić information content (AvgIpc) is 3.23. The summed E-state index contributed by atoms with van der Waals surface area (Å²) in [4.78, 5) is 30.9. The molecule has 2 aliphatic rings. The molecule has 264 valence electrons. The topological polar surface area (TPSA) is 77.5 Å². The summed E-state index contributed by atoms with van der Waals surface area (Å²) in [7, 11) is 0. The van der Waals surface area contributed by atoms with Crippen LogP contribution in [0.25, 0.3) is 0 Å². The zero-order chi connectivity index (χ0) is 36.0. The average molecular weight is 703 g/mol. The van der Waals surface area contributed by atoms with Crippen LogP contribution in [-0.4, -0.2) is 38.2 Å². The van der Waals surface area contributed by atoms with Crippen LogP contribution >= 0.6 is 0 Å². The molecule has 0 aromatic heterocycles. The summed E-state index contributed by atoms with van der Waals surface area (Å²) in [6.07, 6.45) is -1.14. The number of nitrogens with zero attached hydrogens (tertiary/aromatic N) is 2. The number of anilines is 4. The summed E-state index contributed by atoms with van der Waals surface area (Å²) in [5.74, 6) is -0.265. The maximum absolute atomic E-state index is 13.8. The fourth-order valence-corrected chi connectivity index (χ4v) is 6.64. The quantitative estimate of drug-likeness (QED) is 0.157. The zero-order valence-corrected chi connectivity index (χ0v) is 29.0. The Morgan fingerprint density at radius 3 is 0.925 bits per heavy atom. The van der Waals surface area contributed by atoms with Crippen LogP contribution in [0.5, 0.6) is 0 Å². The first-order valence-electron chi connectivity index (χ1n) is 17.6. The van der Waals surface area contributed by atoms with Crippen molar-refractivity contribution >= 4 is 34.6 Å². The molecule has 2 saturated heterocycles. The van der Waals surface area contributed by atoms with Crippen LogP contribution in [0.4, 0.5) is 22.7 Å². The Bertz CT molecular complexity index is 1870. The van der Waals surface area contributed by atoms with Crippen LogP contribution in [0.3, 0.4) is 0 Å². The maximum atomic E-state index is 13.8. The molecular formula is C45H38N2O6. The van der Waals surface area contributed by atoms with Crippen molar-refractivity contribution in [2.24, 2.45) is 5.41 Å². The van der Waals surface area contributed by atoms with Crippen LogP contribution in [0.15, 0.2) is 170 Å². The van der Waals surface area contributed by atoms with Gasteiger partial charge in [0.2, 0.25) is 0 Å². The molecule has 8 nitrogen and oxygen atoms in total. The lowest BCUT2D eigenvalue weighted by molar-refractivity contribution is -0.307. The highest BCUT2D eigenvalue weighted by atomic mass is 16.7. The van der Waals surface area contributed by atoms with E-state index in [1.807, 2.05) is 170 Å². The van der Waals surface area contributed by atoms with Gasteiger partial charge in [0.25, 0.3) is 11.8 Å². The van der Waals surface area contributed by atoms with Crippen molar-refractivity contribution < 1.29 is 28.5 Å². The highest BCUT2D eigenvalue weighted by Crippen LogP contribution is 2.39. The number of carbonyl (C=O) groups excluding carboxylic acids is 2. The molecule has 53 heavy (non-hydrogen) atoms. The third-order valence-corrected chi connectivity index (χ3v) is 9.49. The smallest absolute Gasteiger partial charge is 0.262 e. The third kappa shape index (κ3) is 7.40. The highest BCUT2D eigenvalue weighted by Gasteiger charge is 2.42. The van der Waals surface area contributed by atoms with Crippen molar-refractivity contribution in [3.05, 3.63) is 192 Å². The van der Waals surface area contributed by atoms with Crippen molar-refractivity contribution in [3.63, 3.8) is 0 Å². The van der Waals surface area contributed by atoms with Crippen LogP contribution in [0.1, 0.15) is 44.4 Å². The Morgan fingerprint density at radius 2 is 0.660 bits per heavy atom. The first-order valence-corrected chi connectivity index (χ1v) is 17.6. The summed E-state index contributed by atoms with van der Waals surface area (Å²) in [6, 6.07) is 53.2. The normalized spacial score (nSPS) is 19.7. The predicted octanol–water partition coefficient (Wildman–Crippen LogP) is 9.42. The van der Waals surface area contributed by atoms with Gasteiger partial charge < -0.3 is 18.9 Å². The van der Waals surface area contributed by atoms with Gasteiger partial charge in [-0.15, -0.1) is 0 Å². The van der Waals surface area contributed by atoms with E-state index >= 15 is 0 Å². The molecule has 2 heterocycles. The zero-order valence-electron chi connectivity index (χ0n) is 29.0. The Hall–Kier alpha value is -5.90. The Balaban J connectivity index is 0.877. The first-order chi connectivity index (χ1) is 26.1. The largest absolute Gasteiger partial charge is 0.348 e. The van der Waals surface area contributed by atoms with Crippen LogP contribution in [0.2, 0.25) is 0 Å². The number of hydrogen-bond acceptors (Lipinski definition) is 6. The molecule has 2 fully saturated rings. The molecule has 0 atom stereocenters. The fraction of sp³-hybridized carbons (Fsp3) is 0.156. The Kier molecular flexibility index (Phi) is 9.92. The molecule has 2 aliphatic heterocycles. The van der Waals surface area contributed by atoms with Crippen LogP contribution in [0, 0.1) is 5.41 Å². The van der Waals surface area contributed by atoms with Gasteiger partial charge in [-0.1, -0.05) is 97.1 Å². The molecule has 2 amide bonds. The second kappa shape index (κ2) is 15.4. The molecular weight excluding hydrogens is 665 g/mol. The molecule has 0 aliphatic carbocycles. The standard InChI is InChI=1S/C45H38N2O6/c48-41(46(37-13-5-1-6-14-37)38-15-7-2-8-16-38)33-21-25-35(26-22-33)43-50-29-45(30-51-43)31-52-44(53-32-45)36-27-23-34(24-28-36)42(49)47(39-17-9-3-10-18-39)40-19-11-4-12-20-40/h1-28,43-44H,29-32H2. The molecule has 8 heteroatoms. The summed E-state index contributed by atoms with van der Waals surface area (Å²) in [5, 5.41) is 0. The van der Waals surface area contributed by atoms with E-state index in [2.05, 4.69) is 0 Å². The Morgan fingerprint density at radius 1 is 0.396 bits per heavy atom. The van der Waals surface area contributed by atoms with Gasteiger partial charge in [0.1, 0.15) is 0 Å². The minimum atomic E-state index is -0.571. The minimum Gasteiger partial charge on any atom is -0.348 e. The third-order valence-electron chi connectivity index (χ3n) is 9.49. The second-order valence-electron chi connectivity index (χ2n) is 13.3. The molecule has 0 unspecified atom stereocenters. The van der Waals surface area contributed by atoms with Crippen molar-refractivity contribution in [3.8, 4) is 0 Å². The van der Waals surface area contributed by atoms with E-state index in [9.17, 15) is 9.59 Å². The number of hydrogen-bond donors (Lipinski definition) is 0. The lowest BCUT2D eigenvalue weighted by atomic mass is 9.90. The van der Waals surface area contributed by atoms with Gasteiger partial charge in [-0.05, 0) is 72.8 Å². The van der Waals surface area contributed by atoms with Crippen LogP contribution < -0.4 is 9.80 Å². The Labute approximate surface area is 308 Å². The van der Waals surface area contributed by atoms with Gasteiger partial charge in [0, 0.05) is 45.0 Å². The summed E-state index contributed by atoms with van der Waals surface area (Å²) in [5.41, 5.74) is 5.46. The summed E-state index contributed by atoms with van der Waals surface area (Å²) in [6.45, 7) is 1.57. The van der Waals surface area contributed by atoms with Crippen molar-refractivity contribution in [2.75, 3.05) is 36.2 Å². The SMILES string of the molecule is O=C(c1ccc(C2OCC3(CO2)COC(c2ccc(C(=O)N(c4ccccc4)c4ccccc4)cc2)OC3)cc1)N(c1ccccc1)c1ccccc1.